The minimum absolute atomic E-state index is 0.0434. The molecule has 1 aromatic carbocycles. The largest absolute Gasteiger partial charge is 0.361 e. The van der Waals surface area contributed by atoms with Crippen LogP contribution in [0.15, 0.2) is 44.8 Å². The third-order valence-electron chi connectivity index (χ3n) is 5.50. The minimum atomic E-state index is 0.0434. The Balaban J connectivity index is 1.68. The lowest BCUT2D eigenvalue weighted by atomic mass is 9.97. The van der Waals surface area contributed by atoms with Crippen LogP contribution in [0.3, 0.4) is 0 Å². The lowest BCUT2D eigenvalue weighted by Gasteiger charge is -2.13. The molecule has 0 radical (unpaired) electrons. The molecule has 1 aliphatic carbocycles. The summed E-state index contributed by atoms with van der Waals surface area (Å²) < 4.78 is 7.07. The topological polar surface area (TPSA) is 60.9 Å². The first-order valence-electron chi connectivity index (χ1n) is 9.80. The fraction of sp³-hybridized carbons (Fsp3) is 0.318. The highest BCUT2D eigenvalue weighted by atomic mass is 32.2. The van der Waals surface area contributed by atoms with Crippen molar-refractivity contribution in [2.45, 2.75) is 50.4 Å². The summed E-state index contributed by atoms with van der Waals surface area (Å²) in [7, 11) is 0. The number of nitrogens with zero attached hydrogens (tertiary/aromatic N) is 3. The molecule has 0 amide bonds. The summed E-state index contributed by atoms with van der Waals surface area (Å²) in [6, 6.07) is 9.81. The molecular formula is C22H21N3O2S2. The number of thiophene rings is 1. The van der Waals surface area contributed by atoms with Gasteiger partial charge in [0.15, 0.2) is 5.16 Å². The summed E-state index contributed by atoms with van der Waals surface area (Å²) in [5.74, 6) is 1.48. The Labute approximate surface area is 176 Å². The van der Waals surface area contributed by atoms with Crippen molar-refractivity contribution < 1.29 is 4.52 Å². The van der Waals surface area contributed by atoms with Crippen molar-refractivity contribution in [3.05, 3.63) is 68.1 Å². The zero-order chi connectivity index (χ0) is 20.0. The van der Waals surface area contributed by atoms with Crippen LogP contribution >= 0.6 is 23.1 Å². The molecule has 1 aliphatic rings. The SMILES string of the molecule is Cc1noc(C)c1CSc1nc2sc3c(c2c(=O)n1-c1ccccc1)CCCC3. The summed E-state index contributed by atoms with van der Waals surface area (Å²) in [4.78, 5) is 20.8. The fourth-order valence-corrected chi connectivity index (χ4v) is 6.40. The van der Waals surface area contributed by atoms with Gasteiger partial charge in [-0.25, -0.2) is 4.98 Å². The minimum Gasteiger partial charge on any atom is -0.361 e. The monoisotopic (exact) mass is 423 g/mol. The fourth-order valence-electron chi connectivity index (χ4n) is 3.93. The zero-order valence-electron chi connectivity index (χ0n) is 16.4. The van der Waals surface area contributed by atoms with Gasteiger partial charge >= 0.3 is 0 Å². The highest BCUT2D eigenvalue weighted by Crippen LogP contribution is 2.36. The van der Waals surface area contributed by atoms with E-state index in [0.717, 1.165) is 52.2 Å². The van der Waals surface area contributed by atoms with Gasteiger partial charge in [0.2, 0.25) is 0 Å². The Morgan fingerprint density at radius 1 is 1.17 bits per heavy atom. The number of thioether (sulfide) groups is 1. The van der Waals surface area contributed by atoms with Crippen molar-refractivity contribution in [1.82, 2.24) is 14.7 Å². The van der Waals surface area contributed by atoms with E-state index in [2.05, 4.69) is 5.16 Å². The number of para-hydroxylation sites is 1. The molecule has 0 fully saturated rings. The van der Waals surface area contributed by atoms with Crippen LogP contribution in [-0.4, -0.2) is 14.7 Å². The number of fused-ring (bicyclic) bond motifs is 3. The normalized spacial score (nSPS) is 13.7. The van der Waals surface area contributed by atoms with E-state index in [9.17, 15) is 4.79 Å². The predicted octanol–water partition coefficient (Wildman–Crippen LogP) is 5.22. The van der Waals surface area contributed by atoms with Crippen molar-refractivity contribution in [2.75, 3.05) is 0 Å². The van der Waals surface area contributed by atoms with Crippen LogP contribution in [-0.2, 0) is 18.6 Å². The first-order chi connectivity index (χ1) is 14.1. The summed E-state index contributed by atoms with van der Waals surface area (Å²) in [6.45, 7) is 3.87. The van der Waals surface area contributed by atoms with Gasteiger partial charge in [0.1, 0.15) is 10.6 Å². The van der Waals surface area contributed by atoms with Gasteiger partial charge in [-0.15, -0.1) is 11.3 Å². The third-order valence-corrected chi connectivity index (χ3v) is 7.65. The van der Waals surface area contributed by atoms with Crippen LogP contribution in [0.4, 0.5) is 0 Å². The van der Waals surface area contributed by atoms with E-state index < -0.39 is 0 Å². The molecule has 0 atom stereocenters. The first-order valence-corrected chi connectivity index (χ1v) is 11.6. The lowest BCUT2D eigenvalue weighted by molar-refractivity contribution is 0.392. The molecule has 29 heavy (non-hydrogen) atoms. The Morgan fingerprint density at radius 3 is 2.72 bits per heavy atom. The summed E-state index contributed by atoms with van der Waals surface area (Å²) in [5, 5.41) is 5.58. The van der Waals surface area contributed by atoms with Crippen molar-refractivity contribution in [3.63, 3.8) is 0 Å². The number of hydrogen-bond donors (Lipinski definition) is 0. The quantitative estimate of drug-likeness (QED) is 0.332. The Morgan fingerprint density at radius 2 is 1.97 bits per heavy atom. The van der Waals surface area contributed by atoms with Gasteiger partial charge in [-0.05, 0) is 57.2 Å². The molecule has 5 nitrogen and oxygen atoms in total. The van der Waals surface area contributed by atoms with Gasteiger partial charge in [-0.3, -0.25) is 9.36 Å². The number of benzene rings is 1. The van der Waals surface area contributed by atoms with Crippen LogP contribution < -0.4 is 5.56 Å². The number of rotatable bonds is 4. The van der Waals surface area contributed by atoms with Gasteiger partial charge < -0.3 is 4.52 Å². The van der Waals surface area contributed by atoms with Crippen molar-refractivity contribution in [2.24, 2.45) is 0 Å². The average molecular weight is 424 g/mol. The van der Waals surface area contributed by atoms with Crippen LogP contribution in [0.25, 0.3) is 15.9 Å². The van der Waals surface area contributed by atoms with Gasteiger partial charge in [0.25, 0.3) is 5.56 Å². The van der Waals surface area contributed by atoms with Crippen molar-refractivity contribution >= 4 is 33.3 Å². The smallest absolute Gasteiger partial charge is 0.267 e. The van der Waals surface area contributed by atoms with E-state index in [0.29, 0.717) is 10.9 Å². The summed E-state index contributed by atoms with van der Waals surface area (Å²) in [6.07, 6.45) is 4.38. The van der Waals surface area contributed by atoms with Crippen LogP contribution in [0.1, 0.15) is 40.3 Å². The van der Waals surface area contributed by atoms with Gasteiger partial charge in [-0.2, -0.15) is 0 Å². The molecule has 0 unspecified atom stereocenters. The molecule has 0 saturated carbocycles. The maximum atomic E-state index is 13.7. The maximum Gasteiger partial charge on any atom is 0.267 e. The van der Waals surface area contributed by atoms with E-state index in [1.807, 2.05) is 44.2 Å². The van der Waals surface area contributed by atoms with Gasteiger partial charge in [0.05, 0.1) is 16.8 Å². The second-order valence-corrected chi connectivity index (χ2v) is 9.38. The molecular weight excluding hydrogens is 402 g/mol. The molecule has 0 saturated heterocycles. The van der Waals surface area contributed by atoms with Gasteiger partial charge in [-0.1, -0.05) is 35.1 Å². The second kappa shape index (κ2) is 7.46. The van der Waals surface area contributed by atoms with Crippen LogP contribution in [0, 0.1) is 13.8 Å². The Bertz CT molecular complexity index is 1240. The molecule has 3 heterocycles. The highest BCUT2D eigenvalue weighted by Gasteiger charge is 2.23. The maximum absolute atomic E-state index is 13.7. The van der Waals surface area contributed by atoms with E-state index >= 15 is 0 Å². The van der Waals surface area contributed by atoms with Gasteiger partial charge in [0, 0.05) is 16.2 Å². The van der Waals surface area contributed by atoms with E-state index in [1.54, 1.807) is 27.7 Å². The average Bonchev–Trinajstić information content (AvgIpc) is 3.26. The Hall–Kier alpha value is -2.38. The molecule has 4 aromatic rings. The lowest BCUT2D eigenvalue weighted by Crippen LogP contribution is -2.22. The number of aromatic nitrogens is 3. The zero-order valence-corrected chi connectivity index (χ0v) is 18.0. The standard InChI is InChI=1S/C22H21N3O2S2/c1-13-17(14(2)27-24-13)12-28-22-23-20-19(16-10-6-7-11-18(16)29-20)21(26)25(22)15-8-4-3-5-9-15/h3-5,8-9H,6-7,10-12H2,1-2H3. The molecule has 3 aromatic heterocycles. The molecule has 148 valence electrons. The van der Waals surface area contributed by atoms with E-state index in [-0.39, 0.29) is 5.56 Å². The molecule has 0 N–H and O–H groups in total. The van der Waals surface area contributed by atoms with Crippen molar-refractivity contribution in [3.8, 4) is 5.69 Å². The molecule has 7 heteroatoms. The highest BCUT2D eigenvalue weighted by molar-refractivity contribution is 7.98. The summed E-state index contributed by atoms with van der Waals surface area (Å²) in [5.41, 5.74) is 4.07. The first kappa shape index (κ1) is 18.6. The third kappa shape index (κ3) is 3.22. The molecule has 0 spiro atoms. The molecule has 0 aliphatic heterocycles. The van der Waals surface area contributed by atoms with Crippen LogP contribution in [0.2, 0.25) is 0 Å². The molecule has 0 bridgehead atoms. The molecule has 5 rings (SSSR count). The number of aryl methyl sites for hydroxylation is 4. The number of hydrogen-bond acceptors (Lipinski definition) is 6. The van der Waals surface area contributed by atoms with Crippen LogP contribution in [0.5, 0.6) is 0 Å². The Kier molecular flexibility index (Phi) is 4.80. The summed E-state index contributed by atoms with van der Waals surface area (Å²) >= 11 is 3.25. The van der Waals surface area contributed by atoms with E-state index in [1.165, 1.54) is 16.9 Å². The predicted molar refractivity (Wildman–Crippen MR) is 117 cm³/mol. The van der Waals surface area contributed by atoms with E-state index in [4.69, 9.17) is 9.51 Å². The second-order valence-electron chi connectivity index (χ2n) is 7.35. The van der Waals surface area contributed by atoms with Crippen molar-refractivity contribution in [1.29, 1.82) is 0 Å².